The predicted molar refractivity (Wildman–Crippen MR) is 546 cm³/mol. The van der Waals surface area contributed by atoms with Crippen molar-refractivity contribution in [2.24, 2.45) is 34.1 Å². The molecule has 0 aliphatic heterocycles. The Bertz CT molecular complexity index is 6930. The summed E-state index contributed by atoms with van der Waals surface area (Å²) in [5, 5.41) is 31.5. The van der Waals surface area contributed by atoms with E-state index < -0.39 is 28.7 Å². The number of imidazole rings is 1. The minimum atomic E-state index is -0.615. The van der Waals surface area contributed by atoms with Gasteiger partial charge in [-0.15, -0.1) is 0 Å². The molecule has 15 aliphatic rings. The van der Waals surface area contributed by atoms with Crippen LogP contribution in [-0.4, -0.2) is 148 Å². The molecular formula is C110H111Cl5F5N13O16. The first-order valence-electron chi connectivity index (χ1n) is 48.6. The molecule has 0 spiro atoms. The number of aryl methyl sites for hydroxylation is 4. The van der Waals surface area contributed by atoms with Gasteiger partial charge in [-0.25, -0.2) is 26.9 Å². The summed E-state index contributed by atoms with van der Waals surface area (Å²) in [6.45, 7) is 6.88. The SMILES string of the molecule is COc1ccc(CNC(=O)C23CC(NC(=O)COc4ccc(Cl)c(F)c4)(C2)C3)cc1.Cc1cc(OCC(=O)NC23CC(C(=O)NCCc4c[nH]c5ccccc45)(C2)C3)ccc1Cl.Cc1ccc(CNC(=O)C23CC(NC(=O)COc4ccc(Cl)c(F)c4)(C2)C3)cc1F.Cc1ccccc1CNC(=O)C12CC(NC(=O)COc3ccc(Cl)c(F)c3)(C1)C2.Cn1cnc(CNC(=O)C23CC(NC(=O)COc4ccc(Cl)c(F)c4)(C2)C3)c1. The predicted octanol–water partition coefficient (Wildman–Crippen LogP) is 16.3. The molecule has 0 radical (unpaired) electrons. The number of nitrogens with one attached hydrogen (secondary N) is 11. The minimum Gasteiger partial charge on any atom is -0.497 e. The summed E-state index contributed by atoms with van der Waals surface area (Å²) in [6.07, 6.45) is 15.8. The molecule has 2 aromatic heterocycles. The smallest absolute Gasteiger partial charge is 0.258 e. The van der Waals surface area contributed by atoms with E-state index in [9.17, 15) is 69.9 Å². The van der Waals surface area contributed by atoms with Crippen molar-refractivity contribution < 1.29 is 98.3 Å². The Labute approximate surface area is 880 Å². The van der Waals surface area contributed by atoms with Crippen LogP contribution in [0.25, 0.3) is 10.9 Å². The minimum absolute atomic E-state index is 0.00154. The molecule has 0 unspecified atom stereocenters. The average molecular weight is 2140 g/mol. The molecule has 11 aromatic rings. The molecule has 29 nitrogen and oxygen atoms in total. The number of hydrogen-bond acceptors (Lipinski definition) is 17. The number of aromatic nitrogens is 3. The van der Waals surface area contributed by atoms with Crippen LogP contribution in [0, 0.1) is 76.9 Å². The number of aromatic amines is 1. The standard InChI is InChI=1S/C25H26ClN3O3.C22H21ClF2N2O3.C22H22ClFN2O4.C22H22ClFN2O3.C19H20ClFN4O3/c1-16-10-18(6-7-20(16)26)32-12-22(30)29-25-13-24(14-25,15-25)23(31)27-9-8-17-11-28-21-5-3-2-4-19(17)21;1-13-2-3-14(6-17(13)24)8-26-20(29)21-10-22(11-21,12-21)27-19(28)9-30-15-4-5-16(23)18(25)7-15;1-29-15-4-2-14(3-5-15)9-25-20(28)21-11-22(12-21,13-21)26-19(27)10-30-16-6-7-17(23)18(24)8-16;1-14-4-2-3-5-15(14)9-25-20(28)21-11-22(12-21,13-21)26-19(27)10-29-16-6-7-17(23)18(24)8-16;1-25-6-12(23-11-25)5-22-17(27)18-8-19(9-18,10-18)24-16(26)7-28-13-2-3-14(20)15(21)4-13/h2-7,10-11,28H,8-9,12-15H2,1H3,(H,27,31)(H,29,30);2-7H,8-12H2,1H3,(H,26,29)(H,27,28);2-8H,9-13H2,1H3,(H,25,28)(H,26,27);2-8H,9-13H2,1H3,(H,25,28)(H,26,27);2-4,6,11H,5,7-10H2,1H3,(H,22,27)(H,24,26). The van der Waals surface area contributed by atoms with Crippen LogP contribution < -0.4 is 81.6 Å². The van der Waals surface area contributed by atoms with E-state index in [1.165, 1.54) is 65.5 Å². The lowest BCUT2D eigenvalue weighted by Gasteiger charge is -2.69. The van der Waals surface area contributed by atoms with Crippen molar-refractivity contribution in [2.45, 2.75) is 177 Å². The molecule has 10 bridgehead atoms. The molecule has 149 heavy (non-hydrogen) atoms. The number of benzene rings is 9. The topological polar surface area (TPSA) is 380 Å². The lowest BCUT2D eigenvalue weighted by atomic mass is 9.39. The molecule has 15 aliphatic carbocycles. The number of H-pyrrole nitrogens is 1. The Hall–Kier alpha value is -13.7. The summed E-state index contributed by atoms with van der Waals surface area (Å²) in [5.74, 6) is -1.66. The molecule has 9 aromatic carbocycles. The quantitative estimate of drug-likeness (QED) is 0.0161. The third-order valence-corrected chi connectivity index (χ3v) is 31.3. The zero-order chi connectivity index (χ0) is 106. The lowest BCUT2D eigenvalue weighted by Crippen LogP contribution is -2.78. The van der Waals surface area contributed by atoms with Crippen LogP contribution in [0.1, 0.15) is 141 Å². The third kappa shape index (κ3) is 24.1. The summed E-state index contributed by atoms with van der Waals surface area (Å²) in [6, 6.07) is 49.9. The van der Waals surface area contributed by atoms with Gasteiger partial charge in [-0.05, 0) is 253 Å². The van der Waals surface area contributed by atoms with Gasteiger partial charge in [0, 0.05) is 114 Å². The van der Waals surface area contributed by atoms with E-state index in [1.807, 2.05) is 105 Å². The maximum Gasteiger partial charge on any atom is 0.258 e. The van der Waals surface area contributed by atoms with E-state index >= 15 is 0 Å². The number of hydrogen-bond donors (Lipinski definition) is 11. The van der Waals surface area contributed by atoms with E-state index in [4.69, 9.17) is 86.4 Å². The number of halogens is 10. The van der Waals surface area contributed by atoms with Gasteiger partial charge in [-0.1, -0.05) is 125 Å². The van der Waals surface area contributed by atoms with Crippen LogP contribution >= 0.6 is 58.0 Å². The van der Waals surface area contributed by atoms with E-state index in [0.717, 1.165) is 69.9 Å². The number of fused-ring (bicyclic) bond motifs is 1. The Morgan fingerprint density at radius 3 is 1.05 bits per heavy atom. The zero-order valence-electron chi connectivity index (χ0n) is 82.1. The van der Waals surface area contributed by atoms with Crippen molar-refractivity contribution in [3.63, 3.8) is 0 Å². The number of amides is 10. The normalized spacial score (nSPS) is 23.8. The van der Waals surface area contributed by atoms with Gasteiger partial charge in [0.2, 0.25) is 29.5 Å². The first-order valence-corrected chi connectivity index (χ1v) is 50.5. The Balaban J connectivity index is 0.000000127. The molecule has 2 heterocycles. The van der Waals surface area contributed by atoms with Crippen molar-refractivity contribution in [3.05, 3.63) is 300 Å². The van der Waals surface area contributed by atoms with E-state index in [0.29, 0.717) is 144 Å². The monoisotopic (exact) mass is 2140 g/mol. The van der Waals surface area contributed by atoms with Gasteiger partial charge in [0.15, 0.2) is 33.0 Å². The molecule has 39 heteroatoms. The molecule has 15 saturated carbocycles. The molecule has 0 saturated heterocycles. The zero-order valence-corrected chi connectivity index (χ0v) is 85.9. The van der Waals surface area contributed by atoms with Gasteiger partial charge in [-0.2, -0.15) is 0 Å². The molecular weight excluding hydrogens is 2030 g/mol. The van der Waals surface area contributed by atoms with Crippen LogP contribution in [0.2, 0.25) is 25.1 Å². The second-order valence-corrected chi connectivity index (χ2v) is 43.4. The largest absolute Gasteiger partial charge is 0.497 e. The van der Waals surface area contributed by atoms with Gasteiger partial charge in [0.1, 0.15) is 63.6 Å². The lowest BCUT2D eigenvalue weighted by molar-refractivity contribution is -0.184. The van der Waals surface area contributed by atoms with Crippen molar-refractivity contribution in [3.8, 4) is 34.5 Å². The number of ether oxygens (including phenoxy) is 6. The highest BCUT2D eigenvalue weighted by Gasteiger charge is 2.76. The Morgan fingerprint density at radius 1 is 0.349 bits per heavy atom. The van der Waals surface area contributed by atoms with Crippen LogP contribution in [0.15, 0.2) is 201 Å². The fourth-order valence-electron chi connectivity index (χ4n) is 22.3. The van der Waals surface area contributed by atoms with E-state index in [2.05, 4.69) is 75.3 Å². The van der Waals surface area contributed by atoms with Crippen LogP contribution in [0.3, 0.4) is 0 Å². The van der Waals surface area contributed by atoms with Crippen LogP contribution in [0.4, 0.5) is 22.0 Å². The number of para-hydroxylation sites is 1. The molecule has 15 fully saturated rings. The number of carbonyl (C=O) groups excluding carboxylic acids is 10. The van der Waals surface area contributed by atoms with Gasteiger partial charge in [0.05, 0.1) is 72.8 Å². The number of methoxy groups -OCH3 is 1. The molecule has 782 valence electrons. The number of carbonyl (C=O) groups is 10. The van der Waals surface area contributed by atoms with Gasteiger partial charge in [-0.3, -0.25) is 47.9 Å². The van der Waals surface area contributed by atoms with Crippen LogP contribution in [-0.2, 0) is 87.6 Å². The number of nitrogens with zero attached hydrogens (tertiary/aromatic N) is 2. The number of rotatable bonds is 37. The van der Waals surface area contributed by atoms with E-state index in [-0.39, 0.29) is 197 Å². The highest BCUT2D eigenvalue weighted by molar-refractivity contribution is 6.32. The molecule has 11 N–H and O–H groups in total. The second kappa shape index (κ2) is 43.5. The highest BCUT2D eigenvalue weighted by atomic mass is 35.5. The van der Waals surface area contributed by atoms with E-state index in [1.54, 1.807) is 44.6 Å². The molecule has 26 rings (SSSR count). The fraction of sp³-hybridized carbons (Fsp3) is 0.373. The maximum atomic E-state index is 13.6. The van der Waals surface area contributed by atoms with Crippen molar-refractivity contribution >= 4 is 128 Å². The summed E-state index contributed by atoms with van der Waals surface area (Å²) in [5.41, 5.74) is 5.03. The first-order chi connectivity index (χ1) is 71.0. The van der Waals surface area contributed by atoms with Crippen molar-refractivity contribution in [1.29, 1.82) is 0 Å². The molecule has 10 amide bonds. The fourth-order valence-corrected chi connectivity index (χ4v) is 22.9. The third-order valence-electron chi connectivity index (χ3n) is 29.7. The van der Waals surface area contributed by atoms with Crippen molar-refractivity contribution in [1.82, 2.24) is 67.7 Å². The summed E-state index contributed by atoms with van der Waals surface area (Å²) in [4.78, 5) is 131. The Morgan fingerprint density at radius 2 is 0.685 bits per heavy atom. The molecule has 0 atom stereocenters. The Kier molecular flexibility index (Phi) is 31.1. The van der Waals surface area contributed by atoms with Gasteiger partial charge >= 0.3 is 0 Å². The van der Waals surface area contributed by atoms with Gasteiger partial charge < -0.3 is 91.1 Å². The van der Waals surface area contributed by atoms with Gasteiger partial charge in [0.25, 0.3) is 29.5 Å². The highest BCUT2D eigenvalue weighted by Crippen LogP contribution is 2.71. The maximum absolute atomic E-state index is 13.6. The summed E-state index contributed by atoms with van der Waals surface area (Å²) >= 11 is 28.5. The second-order valence-electron chi connectivity index (χ2n) is 41.3. The van der Waals surface area contributed by atoms with Crippen molar-refractivity contribution in [2.75, 3.05) is 46.7 Å². The summed E-state index contributed by atoms with van der Waals surface area (Å²) < 4.78 is 101. The summed E-state index contributed by atoms with van der Waals surface area (Å²) in [7, 11) is 3.48. The van der Waals surface area contributed by atoms with Crippen LogP contribution in [0.5, 0.6) is 34.5 Å². The first kappa shape index (κ1) is 107. The average Bonchev–Trinajstić information content (AvgIpc) is 0.845.